The van der Waals surface area contributed by atoms with Gasteiger partial charge in [-0.2, -0.15) is 0 Å². The second-order valence-electron chi connectivity index (χ2n) is 3.54. The van der Waals surface area contributed by atoms with Crippen LogP contribution < -0.4 is 4.74 Å². The van der Waals surface area contributed by atoms with Crippen molar-refractivity contribution >= 4 is 23.2 Å². The molecule has 6 heteroatoms. The molecule has 0 bridgehead atoms. The molecule has 0 aliphatic heterocycles. The van der Waals surface area contributed by atoms with Gasteiger partial charge in [-0.1, -0.05) is 35.3 Å². The predicted molar refractivity (Wildman–Crippen MR) is 69.4 cm³/mol. The third-order valence-electron chi connectivity index (χ3n) is 2.24. The molecule has 0 spiro atoms. The lowest BCUT2D eigenvalue weighted by molar-refractivity contribution is 0.299. The van der Waals surface area contributed by atoms with Crippen LogP contribution in [0.2, 0.25) is 10.3 Å². The van der Waals surface area contributed by atoms with Gasteiger partial charge in [0, 0.05) is 12.7 Å². The number of halogens is 2. The Morgan fingerprint density at radius 3 is 2.50 bits per heavy atom. The van der Waals surface area contributed by atoms with Gasteiger partial charge in [0.2, 0.25) is 0 Å². The minimum Gasteiger partial charge on any atom is -0.454 e. The highest BCUT2D eigenvalue weighted by atomic mass is 35.5. The third kappa shape index (κ3) is 3.32. The van der Waals surface area contributed by atoms with E-state index in [1.807, 2.05) is 12.1 Å². The average molecular weight is 285 g/mol. The van der Waals surface area contributed by atoms with Crippen LogP contribution in [0.3, 0.4) is 0 Å². The largest absolute Gasteiger partial charge is 0.454 e. The lowest BCUT2D eigenvalue weighted by atomic mass is 10.1. The quantitative estimate of drug-likeness (QED) is 0.937. The number of aliphatic hydroxyl groups excluding tert-OH is 1. The Balaban J connectivity index is 2.15. The summed E-state index contributed by atoms with van der Waals surface area (Å²) < 4.78 is 5.54. The van der Waals surface area contributed by atoms with Gasteiger partial charge in [-0.15, -0.1) is 10.2 Å². The van der Waals surface area contributed by atoms with Crippen molar-refractivity contribution in [3.05, 3.63) is 46.2 Å². The summed E-state index contributed by atoms with van der Waals surface area (Å²) in [6.45, 7) is 0.121. The van der Waals surface area contributed by atoms with Gasteiger partial charge < -0.3 is 9.84 Å². The highest BCUT2D eigenvalue weighted by Gasteiger charge is 2.06. The molecular formula is C12H10Cl2N2O2. The first-order chi connectivity index (χ1) is 8.69. The molecule has 1 heterocycles. The van der Waals surface area contributed by atoms with Crippen molar-refractivity contribution in [3.63, 3.8) is 0 Å². The van der Waals surface area contributed by atoms with Crippen LogP contribution in [0.4, 0.5) is 0 Å². The molecule has 18 heavy (non-hydrogen) atoms. The molecule has 0 radical (unpaired) electrons. The number of hydrogen-bond acceptors (Lipinski definition) is 4. The first-order valence-electron chi connectivity index (χ1n) is 5.25. The summed E-state index contributed by atoms with van der Waals surface area (Å²) in [5.41, 5.74) is 1.03. The molecule has 1 N–H and O–H groups in total. The zero-order chi connectivity index (χ0) is 13.0. The minimum atomic E-state index is 0.121. The molecule has 4 nitrogen and oxygen atoms in total. The molecule has 1 aromatic carbocycles. The maximum absolute atomic E-state index is 8.81. The van der Waals surface area contributed by atoms with Crippen molar-refractivity contribution in [3.8, 4) is 11.5 Å². The highest BCUT2D eigenvalue weighted by molar-refractivity contribution is 6.32. The molecule has 0 unspecified atom stereocenters. The molecule has 94 valence electrons. The van der Waals surface area contributed by atoms with E-state index in [4.69, 9.17) is 33.0 Å². The van der Waals surface area contributed by atoms with Crippen molar-refractivity contribution < 1.29 is 9.84 Å². The maximum atomic E-state index is 8.81. The number of nitrogens with zero attached hydrogens (tertiary/aromatic N) is 2. The van der Waals surface area contributed by atoms with E-state index in [0.717, 1.165) is 5.56 Å². The molecular weight excluding hydrogens is 275 g/mol. The van der Waals surface area contributed by atoms with Gasteiger partial charge in [0.05, 0.1) is 0 Å². The normalized spacial score (nSPS) is 10.4. The molecule has 2 rings (SSSR count). The van der Waals surface area contributed by atoms with Gasteiger partial charge in [-0.3, -0.25) is 0 Å². The summed E-state index contributed by atoms with van der Waals surface area (Å²) in [4.78, 5) is 0. The Morgan fingerprint density at radius 1 is 1.11 bits per heavy atom. The molecule has 0 fully saturated rings. The SMILES string of the molecule is OCCc1ccc(Oc2cc(Cl)nnc2Cl)cc1. The molecule has 0 aliphatic rings. The van der Waals surface area contributed by atoms with Crippen LogP contribution in [0, 0.1) is 0 Å². The standard InChI is InChI=1S/C12H10Cl2N2O2/c13-11-7-10(12(14)16-15-11)18-9-3-1-8(2-4-9)5-6-17/h1-4,7,17H,5-6H2. The fourth-order valence-electron chi connectivity index (χ4n) is 1.39. The Hall–Kier alpha value is -1.36. The van der Waals surface area contributed by atoms with Crippen LogP contribution >= 0.6 is 23.2 Å². The number of aliphatic hydroxyl groups is 1. The van der Waals surface area contributed by atoms with Gasteiger partial charge in [-0.05, 0) is 24.1 Å². The lowest BCUT2D eigenvalue weighted by Gasteiger charge is -2.07. The second-order valence-corrected chi connectivity index (χ2v) is 4.29. The predicted octanol–water partition coefficient (Wildman–Crippen LogP) is 3.11. The molecule has 0 amide bonds. The summed E-state index contributed by atoms with van der Waals surface area (Å²) in [6.07, 6.45) is 0.615. The van der Waals surface area contributed by atoms with Crippen molar-refractivity contribution in [2.24, 2.45) is 0 Å². The molecule has 0 aliphatic carbocycles. The molecule has 0 atom stereocenters. The van der Waals surface area contributed by atoms with Crippen molar-refractivity contribution in [2.75, 3.05) is 6.61 Å². The Morgan fingerprint density at radius 2 is 1.83 bits per heavy atom. The van der Waals surface area contributed by atoms with Gasteiger partial charge >= 0.3 is 0 Å². The van der Waals surface area contributed by atoms with Crippen molar-refractivity contribution in [2.45, 2.75) is 6.42 Å². The van der Waals surface area contributed by atoms with Crippen LogP contribution in [0.25, 0.3) is 0 Å². The number of rotatable bonds is 4. The van der Waals surface area contributed by atoms with Gasteiger partial charge in [0.1, 0.15) is 5.75 Å². The summed E-state index contributed by atoms with van der Waals surface area (Å²) in [6, 6.07) is 8.81. The number of hydrogen-bond donors (Lipinski definition) is 1. The van der Waals surface area contributed by atoms with E-state index in [1.54, 1.807) is 12.1 Å². The first-order valence-corrected chi connectivity index (χ1v) is 6.01. The van der Waals surface area contributed by atoms with Gasteiger partial charge in [0.15, 0.2) is 16.1 Å². The van der Waals surface area contributed by atoms with Crippen LogP contribution in [0.5, 0.6) is 11.5 Å². The van der Waals surface area contributed by atoms with E-state index in [9.17, 15) is 0 Å². The zero-order valence-electron chi connectivity index (χ0n) is 9.31. The first kappa shape index (κ1) is 13.1. The van der Waals surface area contributed by atoms with E-state index in [-0.39, 0.29) is 16.9 Å². The Bertz CT molecular complexity index is 532. The van der Waals surface area contributed by atoms with Gasteiger partial charge in [0.25, 0.3) is 0 Å². The van der Waals surface area contributed by atoms with Crippen LogP contribution in [-0.4, -0.2) is 21.9 Å². The summed E-state index contributed by atoms with van der Waals surface area (Å²) in [5, 5.41) is 16.4. The number of ether oxygens (including phenoxy) is 1. The van der Waals surface area contributed by atoms with Crippen molar-refractivity contribution in [1.82, 2.24) is 10.2 Å². The fourth-order valence-corrected chi connectivity index (χ4v) is 1.66. The third-order valence-corrected chi connectivity index (χ3v) is 2.69. The zero-order valence-corrected chi connectivity index (χ0v) is 10.8. The molecule has 1 aromatic heterocycles. The van der Waals surface area contributed by atoms with Crippen LogP contribution in [0.1, 0.15) is 5.56 Å². The van der Waals surface area contributed by atoms with E-state index >= 15 is 0 Å². The number of aromatic nitrogens is 2. The summed E-state index contributed by atoms with van der Waals surface area (Å²) in [5.74, 6) is 0.967. The van der Waals surface area contributed by atoms with E-state index in [0.29, 0.717) is 17.9 Å². The molecule has 0 saturated heterocycles. The maximum Gasteiger partial charge on any atom is 0.194 e. The van der Waals surface area contributed by atoms with Crippen LogP contribution in [0.15, 0.2) is 30.3 Å². The smallest absolute Gasteiger partial charge is 0.194 e. The average Bonchev–Trinajstić information content (AvgIpc) is 2.37. The van der Waals surface area contributed by atoms with Crippen molar-refractivity contribution in [1.29, 1.82) is 0 Å². The van der Waals surface area contributed by atoms with Gasteiger partial charge in [-0.25, -0.2) is 0 Å². The van der Waals surface area contributed by atoms with E-state index in [1.165, 1.54) is 6.07 Å². The highest BCUT2D eigenvalue weighted by Crippen LogP contribution is 2.28. The molecule has 2 aromatic rings. The minimum absolute atomic E-state index is 0.121. The summed E-state index contributed by atoms with van der Waals surface area (Å²) >= 11 is 11.5. The number of benzene rings is 1. The Labute approximate surface area is 114 Å². The fraction of sp³-hybridized carbons (Fsp3) is 0.167. The molecule has 0 saturated carbocycles. The van der Waals surface area contributed by atoms with E-state index < -0.39 is 0 Å². The monoisotopic (exact) mass is 284 g/mol. The topological polar surface area (TPSA) is 55.2 Å². The van der Waals surface area contributed by atoms with Crippen LogP contribution in [-0.2, 0) is 6.42 Å². The Kier molecular flexibility index (Phi) is 4.36. The van der Waals surface area contributed by atoms with E-state index in [2.05, 4.69) is 10.2 Å². The lowest BCUT2D eigenvalue weighted by Crippen LogP contribution is -1.92. The second kappa shape index (κ2) is 6.00. The summed E-state index contributed by atoms with van der Waals surface area (Å²) in [7, 11) is 0.